The Bertz CT molecular complexity index is 2320. The molecule has 0 saturated heterocycles. The van der Waals surface area contributed by atoms with Crippen LogP contribution < -0.4 is 0 Å². The van der Waals surface area contributed by atoms with Gasteiger partial charge in [-0.3, -0.25) is 0 Å². The van der Waals surface area contributed by atoms with Crippen LogP contribution in [0.15, 0.2) is 93.5 Å². The zero-order valence-corrected chi connectivity index (χ0v) is 70.7. The fourth-order valence-electron chi connectivity index (χ4n) is 12.7. The molecule has 0 aliphatic carbocycles. The van der Waals surface area contributed by atoms with E-state index in [9.17, 15) is 38.9 Å². The second-order valence-corrected chi connectivity index (χ2v) is 45.9. The molecular formula is C82H155O9P3S3. The minimum Gasteiger partial charge on any atom is -0.744 e. The lowest BCUT2D eigenvalue weighted by atomic mass is 10.0. The van der Waals surface area contributed by atoms with Crippen LogP contribution in [0.2, 0.25) is 0 Å². The molecule has 0 heterocycles. The van der Waals surface area contributed by atoms with E-state index >= 15 is 0 Å². The lowest BCUT2D eigenvalue weighted by molar-refractivity contribution is 0.459. The Morgan fingerprint density at radius 3 is 0.629 bits per heavy atom. The van der Waals surface area contributed by atoms with Gasteiger partial charge in [0.25, 0.3) is 0 Å². The van der Waals surface area contributed by atoms with E-state index < -0.39 is 52.1 Å². The van der Waals surface area contributed by atoms with Gasteiger partial charge >= 0.3 is 0 Å². The number of unbranched alkanes of at least 4 members (excludes halogenated alkanes) is 26. The first-order valence-electron chi connectivity index (χ1n) is 40.1. The molecule has 0 unspecified atom stereocenters. The molecule has 9 nitrogen and oxygen atoms in total. The standard InChI is InChI=1S/2C18H30O3S.2C16H36P.C8H20P.C6H6O3S/c2*1-2-3-4-5-6-7-8-9-10-11-14-17-15-12-13-16-18(17)22(19,20)21;2*1-5-9-13-17(14-10-6-2,15-11-7-3)16-12-8-4;1-5-9(6-2,7-3)8-4;7-10(8,9)6-4-2-1-3-5-6/h2*12-13,15-16H,2-11,14H2,1H3,(H,19,20,21);2*5-16H2,1-4H3;5-8H2,1-4H3;1-5H,(H,7,8,9)/q;;3*+1;/p-3. The molecule has 0 amide bonds. The van der Waals surface area contributed by atoms with Crippen molar-refractivity contribution in [3.05, 3.63) is 90.0 Å². The third-order valence-corrected chi connectivity index (χ3v) is 37.9. The Balaban J connectivity index is -0.00000112. The second-order valence-electron chi connectivity index (χ2n) is 27.7. The van der Waals surface area contributed by atoms with Crippen LogP contribution in [0.3, 0.4) is 0 Å². The van der Waals surface area contributed by atoms with Crippen LogP contribution in [0.5, 0.6) is 0 Å². The van der Waals surface area contributed by atoms with Gasteiger partial charge in [-0.05, 0) is 140 Å². The van der Waals surface area contributed by atoms with E-state index in [4.69, 9.17) is 0 Å². The summed E-state index contributed by atoms with van der Waals surface area (Å²) >= 11 is 0. The SMILES string of the molecule is CCCCCCCCCCCCc1ccccc1S(=O)(=O)[O-].CCCCCCCCCCCCc1ccccc1S(=O)(=O)[O-].CCCC[P+](CCCC)(CCCC)CCCC.CCCC[P+](CCCC)(CCCC)CCCC.CC[P+](CC)(CC)CC.O=S(=O)([O-])c1ccccc1. The Hall–Kier alpha value is -1.32. The predicted octanol–water partition coefficient (Wildman–Crippen LogP) is 26.2. The summed E-state index contributed by atoms with van der Waals surface area (Å²) in [5, 5.41) is 0. The Kier molecular flexibility index (Phi) is 67.4. The molecule has 0 aromatic heterocycles. The highest BCUT2D eigenvalue weighted by Gasteiger charge is 2.35. The molecule has 0 aliphatic rings. The van der Waals surface area contributed by atoms with E-state index in [1.807, 2.05) is 0 Å². The summed E-state index contributed by atoms with van der Waals surface area (Å²) < 4.78 is 97.9. The molecule has 0 saturated carbocycles. The van der Waals surface area contributed by atoms with Crippen molar-refractivity contribution in [1.29, 1.82) is 0 Å². The van der Waals surface area contributed by atoms with Crippen LogP contribution in [0, 0.1) is 0 Å². The maximum absolute atomic E-state index is 11.2. The van der Waals surface area contributed by atoms with Crippen LogP contribution in [0.4, 0.5) is 0 Å². The Labute approximate surface area is 606 Å². The highest BCUT2D eigenvalue weighted by molar-refractivity contribution is 7.86. The Morgan fingerprint density at radius 1 is 0.237 bits per heavy atom. The van der Waals surface area contributed by atoms with Crippen molar-refractivity contribution in [1.82, 2.24) is 0 Å². The molecule has 0 fully saturated rings. The molecule has 0 spiro atoms. The third-order valence-electron chi connectivity index (χ3n) is 19.7. The van der Waals surface area contributed by atoms with Crippen LogP contribution in [0.1, 0.15) is 339 Å². The summed E-state index contributed by atoms with van der Waals surface area (Å²) in [7, 11) is -14.5. The summed E-state index contributed by atoms with van der Waals surface area (Å²) in [6.45, 7) is 32.7. The number of hydrogen-bond acceptors (Lipinski definition) is 9. The first-order chi connectivity index (χ1) is 46.4. The average Bonchev–Trinajstić information content (AvgIpc) is 0.894. The molecule has 97 heavy (non-hydrogen) atoms. The van der Waals surface area contributed by atoms with Crippen molar-refractivity contribution in [2.24, 2.45) is 0 Å². The van der Waals surface area contributed by atoms with Gasteiger partial charge in [-0.25, -0.2) is 25.3 Å². The topological polar surface area (TPSA) is 172 Å². The van der Waals surface area contributed by atoms with Crippen molar-refractivity contribution in [3.8, 4) is 0 Å². The Morgan fingerprint density at radius 2 is 0.443 bits per heavy atom. The quantitative estimate of drug-likeness (QED) is 0.0303. The van der Waals surface area contributed by atoms with Gasteiger partial charge in [-0.2, -0.15) is 0 Å². The molecule has 3 aromatic rings. The van der Waals surface area contributed by atoms with Crippen LogP contribution in [-0.2, 0) is 43.2 Å². The number of aryl methyl sites for hydroxylation is 2. The first-order valence-corrected chi connectivity index (χ1v) is 51.9. The molecule has 3 aromatic carbocycles. The first kappa shape index (κ1) is 99.9. The summed E-state index contributed by atoms with van der Waals surface area (Å²) in [6.07, 6.45) is 68.0. The van der Waals surface area contributed by atoms with E-state index in [0.717, 1.165) is 25.7 Å². The average molecular weight is 1470 g/mol. The number of rotatable bonds is 53. The minimum absolute atomic E-state index is 0.0501. The van der Waals surface area contributed by atoms with Crippen LogP contribution >= 0.6 is 21.8 Å². The second kappa shape index (κ2) is 65.4. The van der Waals surface area contributed by atoms with Crippen molar-refractivity contribution in [2.45, 2.75) is 356 Å². The zero-order valence-electron chi connectivity index (χ0n) is 65.6. The lowest BCUT2D eigenvalue weighted by Gasteiger charge is -2.28. The van der Waals surface area contributed by atoms with E-state index in [-0.39, 0.29) is 14.7 Å². The number of benzene rings is 3. The van der Waals surface area contributed by atoms with Gasteiger partial charge in [-0.15, -0.1) is 0 Å². The molecule has 0 N–H and O–H groups in total. The van der Waals surface area contributed by atoms with Gasteiger partial charge in [0.15, 0.2) is 0 Å². The van der Waals surface area contributed by atoms with E-state index in [2.05, 4.69) is 96.9 Å². The highest BCUT2D eigenvalue weighted by atomic mass is 32.2. The van der Waals surface area contributed by atoms with Crippen molar-refractivity contribution >= 4 is 52.1 Å². The van der Waals surface area contributed by atoms with Crippen molar-refractivity contribution < 1.29 is 38.9 Å². The predicted molar refractivity (Wildman–Crippen MR) is 435 cm³/mol. The maximum Gasteiger partial charge on any atom is 0.124 e. The molecule has 0 aliphatic heterocycles. The van der Waals surface area contributed by atoms with Crippen molar-refractivity contribution in [2.75, 3.05) is 73.9 Å². The lowest BCUT2D eigenvalue weighted by Crippen LogP contribution is -2.12. The van der Waals surface area contributed by atoms with Gasteiger partial charge in [0, 0.05) is 21.8 Å². The summed E-state index contributed by atoms with van der Waals surface area (Å²) in [6, 6.07) is 20.3. The fraction of sp³-hybridized carbons (Fsp3) is 0.780. The maximum atomic E-state index is 11.2. The van der Waals surface area contributed by atoms with Crippen LogP contribution in [-0.4, -0.2) is 113 Å². The monoisotopic (exact) mass is 1470 g/mol. The van der Waals surface area contributed by atoms with E-state index in [1.165, 1.54) is 267 Å². The van der Waals surface area contributed by atoms with Crippen LogP contribution in [0.25, 0.3) is 0 Å². The van der Waals surface area contributed by atoms with Gasteiger partial charge in [0.1, 0.15) is 30.4 Å². The smallest absolute Gasteiger partial charge is 0.124 e. The fourth-order valence-corrected chi connectivity index (χ4v) is 28.0. The summed E-state index contributed by atoms with van der Waals surface area (Å²) in [4.78, 5) is -0.285. The highest BCUT2D eigenvalue weighted by Crippen LogP contribution is 2.62. The van der Waals surface area contributed by atoms with E-state index in [0.29, 0.717) is 24.0 Å². The minimum atomic E-state index is -4.35. The molecule has 0 radical (unpaired) electrons. The molecule has 15 heteroatoms. The molecule has 0 atom stereocenters. The third kappa shape index (κ3) is 54.0. The van der Waals surface area contributed by atoms with Gasteiger partial charge in [-0.1, -0.05) is 291 Å². The number of hydrogen-bond donors (Lipinski definition) is 0. The zero-order chi connectivity index (χ0) is 73.4. The normalized spacial score (nSPS) is 11.8. The van der Waals surface area contributed by atoms with Gasteiger partial charge < -0.3 is 13.7 Å². The van der Waals surface area contributed by atoms with E-state index in [1.54, 1.807) is 91.8 Å². The molecule has 570 valence electrons. The summed E-state index contributed by atoms with van der Waals surface area (Å²) in [5.74, 6) is 0. The van der Waals surface area contributed by atoms with Gasteiger partial charge in [0.05, 0.1) is 88.6 Å². The van der Waals surface area contributed by atoms with Gasteiger partial charge in [0.2, 0.25) is 0 Å². The summed E-state index contributed by atoms with van der Waals surface area (Å²) in [5.41, 5.74) is 1.33. The molecule has 0 bridgehead atoms. The molecular weight excluding hydrogens is 1320 g/mol. The largest absolute Gasteiger partial charge is 0.744 e. The molecule has 3 rings (SSSR count). The van der Waals surface area contributed by atoms with Crippen molar-refractivity contribution in [3.63, 3.8) is 0 Å².